The maximum absolute atomic E-state index is 6.18. The van der Waals surface area contributed by atoms with E-state index in [1.165, 1.54) is 38.5 Å². The molecule has 2 aromatic carbocycles. The molecule has 0 aliphatic heterocycles. The van der Waals surface area contributed by atoms with E-state index in [4.69, 9.17) is 23.2 Å². The van der Waals surface area contributed by atoms with Gasteiger partial charge in [0.2, 0.25) is 0 Å². The van der Waals surface area contributed by atoms with Crippen LogP contribution in [0.4, 0.5) is 0 Å². The molecule has 5 heteroatoms. The van der Waals surface area contributed by atoms with Crippen LogP contribution in [-0.2, 0) is 6.54 Å². The van der Waals surface area contributed by atoms with Crippen LogP contribution in [0.2, 0.25) is 10.0 Å². The second-order valence-electron chi connectivity index (χ2n) is 7.33. The number of rotatable bonds is 9. The summed E-state index contributed by atoms with van der Waals surface area (Å²) in [7, 11) is 2.11. The number of benzene rings is 2. The van der Waals surface area contributed by atoms with Gasteiger partial charge in [-0.05, 0) is 35.5 Å². The standard InChI is InChI=1S/C13H11BCl2.C11H20N2/c14-13(9-5-1-3-7-11(9)15)10-6-2-4-8-12(10)16;1-2-3-4-5-6-7-9-13-10-8-12-11-13/h1-8,13H,14H2;8,10-11H,2-7,9H2,1H3. The molecule has 1 heterocycles. The Labute approximate surface area is 186 Å². The molecule has 0 fully saturated rings. The number of imidazole rings is 1. The molecule has 0 radical (unpaired) electrons. The first-order valence-electron chi connectivity index (χ1n) is 10.6. The summed E-state index contributed by atoms with van der Waals surface area (Å²) in [4.78, 5) is 4.01. The summed E-state index contributed by atoms with van der Waals surface area (Å²) >= 11 is 12.4. The highest BCUT2D eigenvalue weighted by atomic mass is 35.5. The number of hydrogen-bond donors (Lipinski definition) is 0. The van der Waals surface area contributed by atoms with Gasteiger partial charge in [-0.2, -0.15) is 0 Å². The van der Waals surface area contributed by atoms with Gasteiger partial charge in [0, 0.05) is 29.0 Å². The van der Waals surface area contributed by atoms with Crippen LogP contribution in [0.25, 0.3) is 0 Å². The minimum Gasteiger partial charge on any atom is -0.337 e. The summed E-state index contributed by atoms with van der Waals surface area (Å²) in [5.41, 5.74) is 2.22. The van der Waals surface area contributed by atoms with Crippen molar-refractivity contribution in [1.82, 2.24) is 9.55 Å². The number of unbranched alkanes of at least 4 members (excludes halogenated alkanes) is 5. The van der Waals surface area contributed by atoms with Crippen LogP contribution in [0, 0.1) is 0 Å². The van der Waals surface area contributed by atoms with Crippen LogP contribution in [0.1, 0.15) is 62.4 Å². The topological polar surface area (TPSA) is 17.8 Å². The van der Waals surface area contributed by atoms with Crippen molar-refractivity contribution < 1.29 is 0 Å². The Morgan fingerprint density at radius 3 is 1.93 bits per heavy atom. The summed E-state index contributed by atoms with van der Waals surface area (Å²) in [6.07, 6.45) is 13.9. The van der Waals surface area contributed by atoms with Crippen LogP contribution >= 0.6 is 23.2 Å². The second kappa shape index (κ2) is 13.5. The van der Waals surface area contributed by atoms with Crippen molar-refractivity contribution in [2.45, 2.75) is 57.8 Å². The summed E-state index contributed by atoms with van der Waals surface area (Å²) in [6, 6.07) is 15.8. The predicted octanol–water partition coefficient (Wildman–Crippen LogP) is 6.96. The van der Waals surface area contributed by atoms with E-state index >= 15 is 0 Å². The molecule has 0 aliphatic carbocycles. The molecule has 154 valence electrons. The van der Waals surface area contributed by atoms with E-state index in [-0.39, 0.29) is 5.82 Å². The molecule has 0 saturated heterocycles. The van der Waals surface area contributed by atoms with E-state index in [2.05, 4.69) is 24.3 Å². The van der Waals surface area contributed by atoms with Gasteiger partial charge in [-0.25, -0.2) is 4.98 Å². The van der Waals surface area contributed by atoms with Crippen molar-refractivity contribution >= 4 is 31.0 Å². The molecule has 0 bridgehead atoms. The first-order chi connectivity index (χ1) is 14.1. The molecule has 0 atom stereocenters. The zero-order chi connectivity index (χ0) is 20.9. The number of aromatic nitrogens is 2. The molecular formula is C24H31BCl2N2. The van der Waals surface area contributed by atoms with Gasteiger partial charge in [0.25, 0.3) is 0 Å². The monoisotopic (exact) mass is 428 g/mol. The van der Waals surface area contributed by atoms with Crippen molar-refractivity contribution in [1.29, 1.82) is 0 Å². The second-order valence-corrected chi connectivity index (χ2v) is 8.15. The van der Waals surface area contributed by atoms with Crippen molar-refractivity contribution in [2.24, 2.45) is 0 Å². The highest BCUT2D eigenvalue weighted by Crippen LogP contribution is 2.31. The average molecular weight is 429 g/mol. The maximum Gasteiger partial charge on any atom is 0.117 e. The van der Waals surface area contributed by atoms with Crippen LogP contribution in [-0.4, -0.2) is 17.4 Å². The summed E-state index contributed by atoms with van der Waals surface area (Å²) in [5, 5.41) is 1.57. The highest BCUT2D eigenvalue weighted by molar-refractivity contribution is 6.34. The predicted molar refractivity (Wildman–Crippen MR) is 129 cm³/mol. The molecule has 1 aromatic heterocycles. The van der Waals surface area contributed by atoms with Gasteiger partial charge < -0.3 is 4.57 Å². The van der Waals surface area contributed by atoms with Crippen molar-refractivity contribution in [3.8, 4) is 0 Å². The van der Waals surface area contributed by atoms with Gasteiger partial charge in [0.1, 0.15) is 7.85 Å². The smallest absolute Gasteiger partial charge is 0.117 e. The molecule has 3 rings (SSSR count). The Morgan fingerprint density at radius 1 is 0.862 bits per heavy atom. The number of aryl methyl sites for hydroxylation is 1. The molecule has 0 unspecified atom stereocenters. The molecule has 0 spiro atoms. The third-order valence-corrected chi connectivity index (χ3v) is 5.76. The van der Waals surface area contributed by atoms with Crippen LogP contribution in [0.15, 0.2) is 67.3 Å². The third kappa shape index (κ3) is 8.28. The SMILES string of the molecule is BC(c1ccccc1Cl)c1ccccc1Cl.CCCCCCCCn1ccnc1. The molecular weight excluding hydrogens is 398 g/mol. The molecule has 0 N–H and O–H groups in total. The number of hydrogen-bond acceptors (Lipinski definition) is 1. The molecule has 29 heavy (non-hydrogen) atoms. The van der Waals surface area contributed by atoms with Crippen molar-refractivity contribution in [3.05, 3.63) is 88.4 Å². The lowest BCUT2D eigenvalue weighted by atomic mass is 9.76. The first kappa shape index (κ1) is 23.6. The van der Waals surface area contributed by atoms with Gasteiger partial charge in [-0.3, -0.25) is 0 Å². The summed E-state index contributed by atoms with van der Waals surface area (Å²) < 4.78 is 2.15. The van der Waals surface area contributed by atoms with E-state index in [0.717, 1.165) is 27.7 Å². The first-order valence-corrected chi connectivity index (χ1v) is 11.3. The van der Waals surface area contributed by atoms with Gasteiger partial charge in [0.15, 0.2) is 0 Å². The highest BCUT2D eigenvalue weighted by Gasteiger charge is 2.13. The normalized spacial score (nSPS) is 10.6. The Balaban J connectivity index is 0.000000212. The maximum atomic E-state index is 6.18. The summed E-state index contributed by atoms with van der Waals surface area (Å²) in [5.74, 6) is 0.211. The van der Waals surface area contributed by atoms with Crippen molar-refractivity contribution in [2.75, 3.05) is 0 Å². The Kier molecular flexibility index (Phi) is 11.0. The third-order valence-electron chi connectivity index (χ3n) is 5.07. The van der Waals surface area contributed by atoms with E-state index < -0.39 is 0 Å². The van der Waals surface area contributed by atoms with Crippen LogP contribution in [0.3, 0.4) is 0 Å². The van der Waals surface area contributed by atoms with E-state index in [0.29, 0.717) is 0 Å². The molecule has 2 nitrogen and oxygen atoms in total. The number of halogens is 2. The Morgan fingerprint density at radius 2 is 1.41 bits per heavy atom. The number of nitrogens with zero attached hydrogens (tertiary/aromatic N) is 2. The van der Waals surface area contributed by atoms with Crippen LogP contribution in [0.5, 0.6) is 0 Å². The molecule has 3 aromatic rings. The molecule has 0 saturated carbocycles. The minimum absolute atomic E-state index is 0.211. The fourth-order valence-corrected chi connectivity index (χ4v) is 3.91. The largest absolute Gasteiger partial charge is 0.337 e. The van der Waals surface area contributed by atoms with Gasteiger partial charge >= 0.3 is 0 Å². The molecule has 0 amide bonds. The van der Waals surface area contributed by atoms with Gasteiger partial charge in [-0.15, -0.1) is 0 Å². The fourth-order valence-electron chi connectivity index (χ4n) is 3.31. The summed E-state index contributed by atoms with van der Waals surface area (Å²) in [6.45, 7) is 3.39. The van der Waals surface area contributed by atoms with Gasteiger partial charge in [-0.1, -0.05) is 98.6 Å². The lowest BCUT2D eigenvalue weighted by Crippen LogP contribution is -2.01. The molecule has 0 aliphatic rings. The van der Waals surface area contributed by atoms with Crippen molar-refractivity contribution in [3.63, 3.8) is 0 Å². The lowest BCUT2D eigenvalue weighted by molar-refractivity contribution is 0.558. The quantitative estimate of drug-likeness (QED) is 0.266. The van der Waals surface area contributed by atoms with E-state index in [9.17, 15) is 0 Å². The fraction of sp³-hybridized carbons (Fsp3) is 0.375. The van der Waals surface area contributed by atoms with Gasteiger partial charge in [0.05, 0.1) is 6.33 Å². The zero-order valence-corrected chi connectivity index (χ0v) is 19.0. The van der Waals surface area contributed by atoms with E-state index in [1.54, 1.807) is 0 Å². The zero-order valence-electron chi connectivity index (χ0n) is 17.5. The Hall–Kier alpha value is -1.71. The van der Waals surface area contributed by atoms with E-state index in [1.807, 2.05) is 67.3 Å². The average Bonchev–Trinajstić information content (AvgIpc) is 3.25. The lowest BCUT2D eigenvalue weighted by Gasteiger charge is -2.15. The van der Waals surface area contributed by atoms with Crippen LogP contribution < -0.4 is 0 Å². The minimum atomic E-state index is 0.211. The Bertz CT molecular complexity index is 776.